The summed E-state index contributed by atoms with van der Waals surface area (Å²) in [6.07, 6.45) is 1.45. The maximum Gasteiger partial charge on any atom is 0.253 e. The van der Waals surface area contributed by atoms with E-state index in [-0.39, 0.29) is 11.8 Å². The van der Waals surface area contributed by atoms with Crippen LogP contribution < -0.4 is 25.0 Å². The second kappa shape index (κ2) is 9.09. The molecule has 8 nitrogen and oxygen atoms in total. The van der Waals surface area contributed by atoms with Crippen LogP contribution in [0.2, 0.25) is 0 Å². The average Bonchev–Trinajstić information content (AvgIpc) is 3.14. The number of hydrogen-bond donors (Lipinski definition) is 2. The molecule has 0 aromatic heterocycles. The first-order valence-electron chi connectivity index (χ1n) is 9.04. The summed E-state index contributed by atoms with van der Waals surface area (Å²) in [6.45, 7) is 0.414. The van der Waals surface area contributed by atoms with Crippen molar-refractivity contribution in [1.29, 1.82) is 0 Å². The largest absolute Gasteiger partial charge is 0.493 e. The highest BCUT2D eigenvalue weighted by atomic mass is 16.5. The normalized spacial score (nSPS) is 18.4. The van der Waals surface area contributed by atoms with Gasteiger partial charge in [0, 0.05) is 18.0 Å². The van der Waals surface area contributed by atoms with Crippen LogP contribution in [0.3, 0.4) is 0 Å². The molecule has 0 aliphatic carbocycles. The van der Waals surface area contributed by atoms with Crippen molar-refractivity contribution in [1.82, 2.24) is 10.7 Å². The minimum absolute atomic E-state index is 0.236. The Bertz CT molecular complexity index is 889. The number of carbonyl (C=O) groups excluding carboxylic acids is 2. The van der Waals surface area contributed by atoms with E-state index in [0.717, 1.165) is 5.56 Å². The SMILES string of the molecule is COc1cc(/C=N/NC(=O)[C@H]2C(=O)NC[C@@H]2c2ccccc2)cc(OC)c1OC. The van der Waals surface area contributed by atoms with Crippen LogP contribution in [-0.2, 0) is 9.59 Å². The number of rotatable bonds is 7. The number of benzene rings is 2. The summed E-state index contributed by atoms with van der Waals surface area (Å²) in [4.78, 5) is 24.8. The Morgan fingerprint density at radius 2 is 1.76 bits per heavy atom. The highest BCUT2D eigenvalue weighted by molar-refractivity contribution is 6.03. The molecule has 2 amide bonds. The molecule has 0 spiro atoms. The Labute approximate surface area is 168 Å². The van der Waals surface area contributed by atoms with Gasteiger partial charge in [0.25, 0.3) is 5.91 Å². The molecule has 1 aliphatic rings. The van der Waals surface area contributed by atoms with E-state index in [1.165, 1.54) is 27.5 Å². The van der Waals surface area contributed by atoms with E-state index in [4.69, 9.17) is 14.2 Å². The van der Waals surface area contributed by atoms with E-state index in [1.807, 2.05) is 30.3 Å². The summed E-state index contributed by atoms with van der Waals surface area (Å²) in [5.74, 6) is -0.436. The lowest BCUT2D eigenvalue weighted by molar-refractivity contribution is -0.133. The zero-order valence-electron chi connectivity index (χ0n) is 16.5. The molecule has 3 rings (SSSR count). The number of nitrogens with one attached hydrogen (secondary N) is 2. The molecule has 8 heteroatoms. The molecule has 1 saturated heterocycles. The van der Waals surface area contributed by atoms with Gasteiger partial charge in [-0.15, -0.1) is 0 Å². The van der Waals surface area contributed by atoms with Crippen LogP contribution in [0.25, 0.3) is 0 Å². The second-order valence-corrected chi connectivity index (χ2v) is 6.43. The predicted octanol–water partition coefficient (Wildman–Crippen LogP) is 1.69. The number of methoxy groups -OCH3 is 3. The van der Waals surface area contributed by atoms with Crippen molar-refractivity contribution in [2.45, 2.75) is 5.92 Å². The molecule has 0 saturated carbocycles. The number of amides is 2. The summed E-state index contributed by atoms with van der Waals surface area (Å²) in [5.41, 5.74) is 4.03. The van der Waals surface area contributed by atoms with Crippen LogP contribution in [0.5, 0.6) is 17.2 Å². The molecular formula is C21H23N3O5. The maximum atomic E-state index is 12.6. The predicted molar refractivity (Wildman–Crippen MR) is 108 cm³/mol. The summed E-state index contributed by atoms with van der Waals surface area (Å²) >= 11 is 0. The molecule has 29 heavy (non-hydrogen) atoms. The van der Waals surface area contributed by atoms with Crippen molar-refractivity contribution in [3.63, 3.8) is 0 Å². The van der Waals surface area contributed by atoms with Crippen molar-refractivity contribution < 1.29 is 23.8 Å². The molecule has 2 aromatic carbocycles. The number of hydrogen-bond acceptors (Lipinski definition) is 6. The molecule has 2 aromatic rings. The zero-order chi connectivity index (χ0) is 20.8. The van der Waals surface area contributed by atoms with E-state index in [1.54, 1.807) is 12.1 Å². The van der Waals surface area contributed by atoms with Crippen molar-refractivity contribution >= 4 is 18.0 Å². The molecule has 1 heterocycles. The quantitative estimate of drug-likeness (QED) is 0.421. The Morgan fingerprint density at radius 3 is 2.34 bits per heavy atom. The van der Waals surface area contributed by atoms with Crippen LogP contribution >= 0.6 is 0 Å². The zero-order valence-corrected chi connectivity index (χ0v) is 16.5. The lowest BCUT2D eigenvalue weighted by atomic mass is 9.88. The van der Waals surface area contributed by atoms with Gasteiger partial charge in [-0.05, 0) is 17.7 Å². The maximum absolute atomic E-state index is 12.6. The number of hydrazone groups is 1. The molecule has 0 radical (unpaired) electrons. The third-order valence-electron chi connectivity index (χ3n) is 4.77. The van der Waals surface area contributed by atoms with Crippen LogP contribution in [0.15, 0.2) is 47.6 Å². The van der Waals surface area contributed by atoms with E-state index in [2.05, 4.69) is 15.8 Å². The van der Waals surface area contributed by atoms with E-state index in [0.29, 0.717) is 29.4 Å². The number of nitrogens with zero attached hydrogens (tertiary/aromatic N) is 1. The highest BCUT2D eigenvalue weighted by Crippen LogP contribution is 2.37. The molecule has 1 aliphatic heterocycles. The third-order valence-corrected chi connectivity index (χ3v) is 4.77. The highest BCUT2D eigenvalue weighted by Gasteiger charge is 2.40. The van der Waals surface area contributed by atoms with Gasteiger partial charge in [-0.1, -0.05) is 30.3 Å². The Hall–Kier alpha value is -3.55. The van der Waals surface area contributed by atoms with Crippen molar-refractivity contribution in [3.05, 3.63) is 53.6 Å². The van der Waals surface area contributed by atoms with Crippen molar-refractivity contribution in [3.8, 4) is 17.2 Å². The summed E-state index contributed by atoms with van der Waals surface area (Å²) < 4.78 is 15.9. The minimum Gasteiger partial charge on any atom is -0.493 e. The second-order valence-electron chi connectivity index (χ2n) is 6.43. The number of ether oxygens (including phenoxy) is 3. The topological polar surface area (TPSA) is 98.2 Å². The Morgan fingerprint density at radius 1 is 1.10 bits per heavy atom. The van der Waals surface area contributed by atoms with Crippen LogP contribution in [0, 0.1) is 5.92 Å². The number of carbonyl (C=O) groups is 2. The van der Waals surface area contributed by atoms with E-state index in [9.17, 15) is 9.59 Å². The lowest BCUT2D eigenvalue weighted by Crippen LogP contribution is -2.34. The van der Waals surface area contributed by atoms with Gasteiger partial charge < -0.3 is 19.5 Å². The fourth-order valence-electron chi connectivity index (χ4n) is 3.35. The summed E-state index contributed by atoms with van der Waals surface area (Å²) in [5, 5.41) is 6.75. The third kappa shape index (κ3) is 4.31. The lowest BCUT2D eigenvalue weighted by Gasteiger charge is -2.15. The minimum atomic E-state index is -0.838. The fraction of sp³-hybridized carbons (Fsp3) is 0.286. The first-order valence-corrected chi connectivity index (χ1v) is 9.04. The Kier molecular flexibility index (Phi) is 6.33. The molecule has 2 atom stereocenters. The smallest absolute Gasteiger partial charge is 0.253 e. The van der Waals surface area contributed by atoms with Gasteiger partial charge in [-0.3, -0.25) is 9.59 Å². The Balaban J connectivity index is 1.74. The van der Waals surface area contributed by atoms with Gasteiger partial charge in [0.05, 0.1) is 27.5 Å². The molecule has 1 fully saturated rings. The van der Waals surface area contributed by atoms with Gasteiger partial charge in [0.15, 0.2) is 11.5 Å². The first-order chi connectivity index (χ1) is 14.1. The van der Waals surface area contributed by atoms with E-state index < -0.39 is 11.8 Å². The van der Waals surface area contributed by atoms with Crippen molar-refractivity contribution in [2.24, 2.45) is 11.0 Å². The van der Waals surface area contributed by atoms with Gasteiger partial charge in [-0.2, -0.15) is 5.10 Å². The van der Waals surface area contributed by atoms with Gasteiger partial charge in [-0.25, -0.2) is 5.43 Å². The summed E-state index contributed by atoms with van der Waals surface area (Å²) in [7, 11) is 4.55. The molecule has 0 bridgehead atoms. The van der Waals surface area contributed by atoms with Crippen LogP contribution in [0.1, 0.15) is 17.0 Å². The van der Waals surface area contributed by atoms with Crippen LogP contribution in [-0.4, -0.2) is 45.9 Å². The monoisotopic (exact) mass is 397 g/mol. The molecule has 2 N–H and O–H groups in total. The fourth-order valence-corrected chi connectivity index (χ4v) is 3.35. The average molecular weight is 397 g/mol. The first kappa shape index (κ1) is 20.2. The molecular weight excluding hydrogens is 374 g/mol. The van der Waals surface area contributed by atoms with Crippen molar-refractivity contribution in [2.75, 3.05) is 27.9 Å². The van der Waals surface area contributed by atoms with Gasteiger partial charge in [0.2, 0.25) is 11.7 Å². The van der Waals surface area contributed by atoms with E-state index >= 15 is 0 Å². The summed E-state index contributed by atoms with van der Waals surface area (Å²) in [6, 6.07) is 12.9. The molecule has 0 unspecified atom stereocenters. The van der Waals surface area contributed by atoms with Crippen LogP contribution in [0.4, 0.5) is 0 Å². The molecule has 152 valence electrons. The van der Waals surface area contributed by atoms with Gasteiger partial charge >= 0.3 is 0 Å². The standard InChI is InChI=1S/C21H23N3O5/c1-27-16-9-13(10-17(28-2)19(16)29-3)11-23-24-21(26)18-15(12-22-20(18)25)14-7-5-4-6-8-14/h4-11,15,18H,12H2,1-3H3,(H,22,25)(H,24,26)/b23-11+/t15-,18-/m1/s1. The van der Waals surface area contributed by atoms with Gasteiger partial charge in [0.1, 0.15) is 5.92 Å².